The molecule has 1 unspecified atom stereocenters. The third-order valence-electron chi connectivity index (χ3n) is 6.66. The maximum atomic E-state index is 13.2. The summed E-state index contributed by atoms with van der Waals surface area (Å²) >= 11 is 0. The minimum atomic E-state index is 0.181. The fourth-order valence-electron chi connectivity index (χ4n) is 5.09. The fourth-order valence-corrected chi connectivity index (χ4v) is 5.09. The molecule has 4 nitrogen and oxygen atoms in total. The molecule has 2 aromatic rings. The summed E-state index contributed by atoms with van der Waals surface area (Å²) in [6, 6.07) is 6.30. The normalized spacial score (nSPS) is 21.0. The van der Waals surface area contributed by atoms with Crippen molar-refractivity contribution in [3.05, 3.63) is 71.6 Å². The molecule has 1 saturated heterocycles. The second-order valence-electron chi connectivity index (χ2n) is 8.68. The highest BCUT2D eigenvalue weighted by Gasteiger charge is 2.27. The summed E-state index contributed by atoms with van der Waals surface area (Å²) in [5, 5.41) is 1.23. The molecule has 0 spiro atoms. The Morgan fingerprint density at radius 2 is 2.17 bits per heavy atom. The van der Waals surface area contributed by atoms with Crippen LogP contribution in [0.25, 0.3) is 10.9 Å². The van der Waals surface area contributed by atoms with E-state index in [9.17, 15) is 4.79 Å². The van der Waals surface area contributed by atoms with Crippen LogP contribution in [0.2, 0.25) is 0 Å². The van der Waals surface area contributed by atoms with E-state index < -0.39 is 0 Å². The molecule has 1 amide bonds. The third-order valence-corrected chi connectivity index (χ3v) is 6.66. The Morgan fingerprint density at radius 1 is 1.31 bits per heavy atom. The van der Waals surface area contributed by atoms with Crippen molar-refractivity contribution in [3.8, 4) is 0 Å². The van der Waals surface area contributed by atoms with Crippen LogP contribution in [0, 0.1) is 5.92 Å². The van der Waals surface area contributed by atoms with Crippen molar-refractivity contribution in [2.75, 3.05) is 19.6 Å². The molecular formula is C25H29N3O. The highest BCUT2D eigenvalue weighted by molar-refractivity contribution is 5.99. The summed E-state index contributed by atoms with van der Waals surface area (Å²) < 4.78 is 2.39. The molecule has 29 heavy (non-hydrogen) atoms. The van der Waals surface area contributed by atoms with Gasteiger partial charge in [-0.05, 0) is 49.1 Å². The minimum absolute atomic E-state index is 0.181. The number of amides is 1. The molecule has 1 fully saturated rings. The van der Waals surface area contributed by atoms with Crippen LogP contribution in [0.1, 0.15) is 41.4 Å². The molecular weight excluding hydrogens is 358 g/mol. The average molecular weight is 388 g/mol. The number of nitrogens with zero attached hydrogens (tertiary/aromatic N) is 3. The lowest BCUT2D eigenvalue weighted by Gasteiger charge is -2.32. The first-order chi connectivity index (χ1) is 14.2. The number of benzene rings is 1. The minimum Gasteiger partial charge on any atom is -0.367 e. The molecule has 1 aliphatic carbocycles. The van der Waals surface area contributed by atoms with E-state index in [2.05, 4.69) is 53.3 Å². The summed E-state index contributed by atoms with van der Waals surface area (Å²) in [6.45, 7) is 10.7. The molecule has 0 bridgehead atoms. The zero-order chi connectivity index (χ0) is 20.0. The maximum Gasteiger partial charge on any atom is 0.253 e. The monoisotopic (exact) mass is 387 g/mol. The molecule has 1 aromatic heterocycles. The van der Waals surface area contributed by atoms with Gasteiger partial charge in [0, 0.05) is 72.6 Å². The molecule has 5 rings (SSSR count). The maximum absolute atomic E-state index is 13.2. The number of likely N-dealkylation sites (tertiary alicyclic amines) is 1. The average Bonchev–Trinajstić information content (AvgIpc) is 2.99. The summed E-state index contributed by atoms with van der Waals surface area (Å²) in [6.07, 6.45) is 11.8. The molecule has 1 aromatic carbocycles. The van der Waals surface area contributed by atoms with Crippen LogP contribution < -0.4 is 0 Å². The second kappa shape index (κ2) is 7.25. The number of allylic oxidation sites excluding steroid dienone is 4. The predicted molar refractivity (Wildman–Crippen MR) is 118 cm³/mol. The first-order valence-electron chi connectivity index (χ1n) is 10.8. The van der Waals surface area contributed by atoms with Crippen LogP contribution >= 0.6 is 0 Å². The SMILES string of the molecule is C=CCn1c2c(c3cc(C(=O)N4CCCC(C)C4)ccc31)CN(C1=CC=C1)CC2. The Bertz CT molecular complexity index is 1040. The van der Waals surface area contributed by atoms with E-state index in [1.165, 1.54) is 34.3 Å². The second-order valence-corrected chi connectivity index (χ2v) is 8.68. The van der Waals surface area contributed by atoms with Crippen molar-refractivity contribution in [1.82, 2.24) is 14.4 Å². The molecule has 4 heteroatoms. The zero-order valence-electron chi connectivity index (χ0n) is 17.2. The van der Waals surface area contributed by atoms with E-state index in [4.69, 9.17) is 0 Å². The fraction of sp³-hybridized carbons (Fsp3) is 0.400. The first-order valence-corrected chi connectivity index (χ1v) is 10.8. The van der Waals surface area contributed by atoms with E-state index in [-0.39, 0.29) is 5.91 Å². The van der Waals surface area contributed by atoms with Gasteiger partial charge in [-0.2, -0.15) is 0 Å². The van der Waals surface area contributed by atoms with Crippen molar-refractivity contribution in [2.45, 2.75) is 39.3 Å². The molecule has 0 radical (unpaired) electrons. The van der Waals surface area contributed by atoms with Gasteiger partial charge >= 0.3 is 0 Å². The van der Waals surface area contributed by atoms with E-state index >= 15 is 0 Å². The first kappa shape index (κ1) is 18.3. The zero-order valence-corrected chi connectivity index (χ0v) is 17.2. The number of carbonyl (C=O) groups is 1. The summed E-state index contributed by atoms with van der Waals surface area (Å²) in [7, 11) is 0. The van der Waals surface area contributed by atoms with Crippen LogP contribution in [0.15, 0.2) is 54.8 Å². The van der Waals surface area contributed by atoms with Gasteiger partial charge < -0.3 is 14.4 Å². The standard InChI is InChI=1S/C25H29N3O/c1-3-12-28-23-10-9-19(25(29)27-13-5-6-18(2)16-27)15-21(23)22-17-26(14-11-24(22)28)20-7-4-8-20/h3-4,7-10,15,18H,1,5-6,11-14,16-17H2,2H3. The molecule has 1 atom stereocenters. The van der Waals surface area contributed by atoms with Gasteiger partial charge in [-0.15, -0.1) is 6.58 Å². The smallest absolute Gasteiger partial charge is 0.253 e. The molecule has 0 saturated carbocycles. The summed E-state index contributed by atoms with van der Waals surface area (Å²) in [5.41, 5.74) is 6.13. The van der Waals surface area contributed by atoms with Gasteiger partial charge in [-0.1, -0.05) is 19.1 Å². The lowest BCUT2D eigenvalue weighted by Crippen LogP contribution is -2.39. The quantitative estimate of drug-likeness (QED) is 0.722. The number of carbonyl (C=O) groups excluding carboxylic acids is 1. The Labute approximate surface area is 172 Å². The third kappa shape index (κ3) is 3.11. The van der Waals surface area contributed by atoms with Crippen LogP contribution in [-0.4, -0.2) is 39.9 Å². The van der Waals surface area contributed by atoms with E-state index in [0.29, 0.717) is 5.92 Å². The van der Waals surface area contributed by atoms with E-state index in [1.54, 1.807) is 0 Å². The Hall–Kier alpha value is -2.75. The molecule has 150 valence electrons. The number of rotatable bonds is 4. The number of hydrogen-bond donors (Lipinski definition) is 0. The Kier molecular flexibility index (Phi) is 4.57. The lowest BCUT2D eigenvalue weighted by atomic mass is 9.98. The lowest BCUT2D eigenvalue weighted by molar-refractivity contribution is 0.0683. The van der Waals surface area contributed by atoms with Crippen molar-refractivity contribution in [2.24, 2.45) is 5.92 Å². The van der Waals surface area contributed by atoms with Gasteiger partial charge in [0.05, 0.1) is 0 Å². The van der Waals surface area contributed by atoms with Gasteiger partial charge in [0.2, 0.25) is 0 Å². The summed E-state index contributed by atoms with van der Waals surface area (Å²) in [5.74, 6) is 0.774. The van der Waals surface area contributed by atoms with Gasteiger partial charge in [-0.3, -0.25) is 4.79 Å². The summed E-state index contributed by atoms with van der Waals surface area (Å²) in [4.78, 5) is 17.7. The van der Waals surface area contributed by atoms with Gasteiger partial charge in [0.15, 0.2) is 0 Å². The van der Waals surface area contributed by atoms with Crippen molar-refractivity contribution < 1.29 is 4.79 Å². The van der Waals surface area contributed by atoms with E-state index in [1.807, 2.05) is 17.0 Å². The number of aromatic nitrogens is 1. The van der Waals surface area contributed by atoms with Crippen LogP contribution in [-0.2, 0) is 19.5 Å². The predicted octanol–water partition coefficient (Wildman–Crippen LogP) is 4.51. The van der Waals surface area contributed by atoms with Crippen LogP contribution in [0.3, 0.4) is 0 Å². The Morgan fingerprint density at radius 3 is 2.90 bits per heavy atom. The highest BCUT2D eigenvalue weighted by Crippen LogP contribution is 2.34. The molecule has 2 aliphatic heterocycles. The van der Waals surface area contributed by atoms with Crippen molar-refractivity contribution in [1.29, 1.82) is 0 Å². The van der Waals surface area contributed by atoms with Crippen molar-refractivity contribution in [3.63, 3.8) is 0 Å². The van der Waals surface area contributed by atoms with Crippen LogP contribution in [0.4, 0.5) is 0 Å². The van der Waals surface area contributed by atoms with Crippen LogP contribution in [0.5, 0.6) is 0 Å². The largest absolute Gasteiger partial charge is 0.367 e. The molecule has 3 heterocycles. The van der Waals surface area contributed by atoms with E-state index in [0.717, 1.165) is 51.1 Å². The number of fused-ring (bicyclic) bond motifs is 3. The van der Waals surface area contributed by atoms with Gasteiger partial charge in [0.1, 0.15) is 0 Å². The van der Waals surface area contributed by atoms with Crippen molar-refractivity contribution >= 4 is 16.8 Å². The van der Waals surface area contributed by atoms with Gasteiger partial charge in [-0.25, -0.2) is 0 Å². The molecule has 3 aliphatic rings. The van der Waals surface area contributed by atoms with Gasteiger partial charge in [0.25, 0.3) is 5.91 Å². The highest BCUT2D eigenvalue weighted by atomic mass is 16.2. The Balaban J connectivity index is 1.54. The number of hydrogen-bond acceptors (Lipinski definition) is 2. The molecule has 0 N–H and O–H groups in total. The topological polar surface area (TPSA) is 28.5 Å². The number of piperidine rings is 1.